The molecule has 5 aromatic rings. The summed E-state index contributed by atoms with van der Waals surface area (Å²) in [7, 11) is 2.17. The number of carbonyl (C=O) groups excluding carboxylic acids is 1. The minimum Gasteiger partial charge on any atom is -0.368 e. The first-order valence-electron chi connectivity index (χ1n) is 15.4. The van der Waals surface area contributed by atoms with Gasteiger partial charge in [-0.3, -0.25) is 4.79 Å². The molecule has 1 unspecified atom stereocenters. The van der Waals surface area contributed by atoms with E-state index in [0.29, 0.717) is 12.3 Å². The molecule has 2 saturated heterocycles. The first kappa shape index (κ1) is 27.8. The predicted octanol–water partition coefficient (Wildman–Crippen LogP) is 6.10. The topological polar surface area (TPSA) is 81.9 Å². The molecular formula is C33H38N8OS. The number of Topliss-reactive ketones (excluding diaryl/α,β-unsaturated/α-hetero) is 1. The number of carbonyl (C=O) groups is 1. The number of hydrogen-bond donors (Lipinski definition) is 1. The fourth-order valence-corrected chi connectivity index (χ4v) is 7.33. The zero-order chi connectivity index (χ0) is 29.2. The Hall–Kier alpha value is -4.02. The van der Waals surface area contributed by atoms with Crippen LogP contribution in [0.5, 0.6) is 0 Å². The van der Waals surface area contributed by atoms with E-state index in [0.717, 1.165) is 97.6 Å². The van der Waals surface area contributed by atoms with Gasteiger partial charge in [-0.05, 0) is 68.3 Å². The molecule has 1 aromatic carbocycles. The Morgan fingerprint density at radius 3 is 2.74 bits per heavy atom. The summed E-state index contributed by atoms with van der Waals surface area (Å²) in [6, 6.07) is 18.5. The number of aromatic nitrogens is 4. The molecule has 2 aliphatic rings. The van der Waals surface area contributed by atoms with Crippen LogP contribution in [-0.4, -0.2) is 76.6 Å². The van der Waals surface area contributed by atoms with Crippen LogP contribution in [0.1, 0.15) is 41.8 Å². The normalized spacial score (nSPS) is 18.0. The van der Waals surface area contributed by atoms with Gasteiger partial charge in [0, 0.05) is 62.5 Å². The lowest BCUT2D eigenvalue weighted by Gasteiger charge is -2.34. The third-order valence-electron chi connectivity index (χ3n) is 8.78. The number of benzene rings is 1. The van der Waals surface area contributed by atoms with E-state index >= 15 is 0 Å². The number of thiophene rings is 1. The van der Waals surface area contributed by atoms with Gasteiger partial charge in [-0.2, -0.15) is 9.61 Å². The van der Waals surface area contributed by atoms with Crippen molar-refractivity contribution in [2.75, 3.05) is 61.4 Å². The van der Waals surface area contributed by atoms with Crippen molar-refractivity contribution in [3.63, 3.8) is 0 Å². The van der Waals surface area contributed by atoms with Gasteiger partial charge in [-0.1, -0.05) is 18.2 Å². The van der Waals surface area contributed by atoms with Crippen LogP contribution in [0, 0.1) is 5.92 Å². The molecule has 1 N–H and O–H groups in total. The zero-order valence-corrected chi connectivity index (χ0v) is 25.5. The van der Waals surface area contributed by atoms with E-state index in [4.69, 9.17) is 9.97 Å². The average Bonchev–Trinajstić information content (AvgIpc) is 3.70. The Bertz CT molecular complexity index is 1670. The largest absolute Gasteiger partial charge is 0.368 e. The van der Waals surface area contributed by atoms with Gasteiger partial charge in [0.05, 0.1) is 23.0 Å². The van der Waals surface area contributed by atoms with Gasteiger partial charge in [-0.25, -0.2) is 9.97 Å². The van der Waals surface area contributed by atoms with Crippen molar-refractivity contribution in [3.8, 4) is 0 Å². The number of piperazine rings is 1. The van der Waals surface area contributed by atoms with Crippen LogP contribution in [0.3, 0.4) is 0 Å². The maximum absolute atomic E-state index is 12.9. The van der Waals surface area contributed by atoms with Crippen LogP contribution in [-0.2, 0) is 0 Å². The number of fused-ring (bicyclic) bond motifs is 2. The van der Waals surface area contributed by atoms with Crippen molar-refractivity contribution in [1.29, 1.82) is 0 Å². The third-order valence-corrected chi connectivity index (χ3v) is 9.93. The highest BCUT2D eigenvalue weighted by atomic mass is 32.1. The van der Waals surface area contributed by atoms with E-state index in [9.17, 15) is 4.79 Å². The number of piperidine rings is 1. The molecule has 7 rings (SSSR count). The Morgan fingerprint density at radius 2 is 1.91 bits per heavy atom. The second-order valence-electron chi connectivity index (χ2n) is 11.8. The minimum absolute atomic E-state index is 0.266. The van der Waals surface area contributed by atoms with Crippen molar-refractivity contribution in [1.82, 2.24) is 24.5 Å². The molecule has 43 heavy (non-hydrogen) atoms. The first-order valence-corrected chi connectivity index (χ1v) is 16.2. The van der Waals surface area contributed by atoms with Crippen molar-refractivity contribution < 1.29 is 4.79 Å². The first-order chi connectivity index (χ1) is 21.1. The standard InChI is InChI=1S/C33H38N8OS/c1-38-16-18-39(19-17-38)26-11-12-30(34-22-26)36-33-21-32(37-31-13-14-35-41(31)33)40-15-5-7-24(23-40)6-4-9-27(42)29-20-25-8-2-3-10-28(25)43-29/h2-3,8,10-14,20-22,24H,4-7,9,15-19,23H2,1H3,(H,34,36). The fourth-order valence-electron chi connectivity index (χ4n) is 6.30. The molecule has 0 aliphatic carbocycles. The molecule has 10 heteroatoms. The monoisotopic (exact) mass is 594 g/mol. The highest BCUT2D eigenvalue weighted by Gasteiger charge is 2.23. The van der Waals surface area contributed by atoms with Gasteiger partial charge in [0.1, 0.15) is 17.5 Å². The van der Waals surface area contributed by atoms with Gasteiger partial charge in [0.25, 0.3) is 0 Å². The number of nitrogens with zero attached hydrogens (tertiary/aromatic N) is 7. The van der Waals surface area contributed by atoms with Gasteiger partial charge in [-0.15, -0.1) is 11.3 Å². The molecule has 6 heterocycles. The summed E-state index contributed by atoms with van der Waals surface area (Å²) in [6.45, 7) is 6.10. The number of likely N-dealkylation sites (N-methyl/N-ethyl adjacent to an activating group) is 1. The summed E-state index contributed by atoms with van der Waals surface area (Å²) in [5.74, 6) is 3.40. The van der Waals surface area contributed by atoms with Crippen molar-refractivity contribution in [3.05, 3.63) is 71.9 Å². The molecule has 1 atom stereocenters. The van der Waals surface area contributed by atoms with Gasteiger partial charge >= 0.3 is 0 Å². The van der Waals surface area contributed by atoms with Crippen molar-refractivity contribution >= 4 is 56.0 Å². The lowest BCUT2D eigenvalue weighted by molar-refractivity contribution is 0.0981. The maximum atomic E-state index is 12.9. The molecule has 4 aromatic heterocycles. The Kier molecular flexibility index (Phi) is 7.95. The van der Waals surface area contributed by atoms with E-state index in [-0.39, 0.29) is 5.78 Å². The highest BCUT2D eigenvalue weighted by molar-refractivity contribution is 7.20. The molecule has 0 spiro atoms. The van der Waals surface area contributed by atoms with Crippen LogP contribution in [0.25, 0.3) is 15.7 Å². The summed E-state index contributed by atoms with van der Waals surface area (Å²) in [5.41, 5.74) is 1.97. The highest BCUT2D eigenvalue weighted by Crippen LogP contribution is 2.30. The molecule has 0 amide bonds. The van der Waals surface area contributed by atoms with Crippen molar-refractivity contribution in [2.45, 2.75) is 32.1 Å². The van der Waals surface area contributed by atoms with Crippen LogP contribution in [0.2, 0.25) is 0 Å². The van der Waals surface area contributed by atoms with E-state index in [1.54, 1.807) is 17.5 Å². The molecule has 0 bridgehead atoms. The van der Waals surface area contributed by atoms with E-state index in [2.05, 4.69) is 56.4 Å². The Labute approximate surface area is 256 Å². The summed E-state index contributed by atoms with van der Waals surface area (Å²) in [4.78, 5) is 30.6. The number of ketones is 1. The number of nitrogens with one attached hydrogen (secondary N) is 1. The molecule has 2 aliphatic heterocycles. The van der Waals surface area contributed by atoms with Crippen LogP contribution in [0.15, 0.2) is 67.0 Å². The fraction of sp³-hybridized carbons (Fsp3) is 0.394. The second-order valence-corrected chi connectivity index (χ2v) is 12.9. The van der Waals surface area contributed by atoms with E-state index in [1.165, 1.54) is 11.1 Å². The van der Waals surface area contributed by atoms with E-state index < -0.39 is 0 Å². The van der Waals surface area contributed by atoms with E-state index in [1.807, 2.05) is 41.0 Å². The van der Waals surface area contributed by atoms with Crippen LogP contribution >= 0.6 is 11.3 Å². The average molecular weight is 595 g/mol. The summed E-state index contributed by atoms with van der Waals surface area (Å²) >= 11 is 1.61. The van der Waals surface area contributed by atoms with Crippen molar-refractivity contribution in [2.24, 2.45) is 5.92 Å². The number of rotatable bonds is 9. The molecule has 222 valence electrons. The Balaban J connectivity index is 0.991. The lowest BCUT2D eigenvalue weighted by atomic mass is 9.92. The number of hydrogen-bond acceptors (Lipinski definition) is 9. The quantitative estimate of drug-likeness (QED) is 0.205. The summed E-state index contributed by atoms with van der Waals surface area (Å²) < 4.78 is 3.02. The number of anilines is 4. The van der Waals surface area contributed by atoms with Crippen LogP contribution in [0.4, 0.5) is 23.1 Å². The Morgan fingerprint density at radius 1 is 1.02 bits per heavy atom. The van der Waals surface area contributed by atoms with Gasteiger partial charge < -0.3 is 20.0 Å². The van der Waals surface area contributed by atoms with Crippen LogP contribution < -0.4 is 15.1 Å². The van der Waals surface area contributed by atoms with Gasteiger partial charge in [0.15, 0.2) is 11.4 Å². The summed E-state index contributed by atoms with van der Waals surface area (Å²) in [5, 5.41) is 9.16. The summed E-state index contributed by atoms with van der Waals surface area (Å²) in [6.07, 6.45) is 8.64. The molecule has 0 radical (unpaired) electrons. The zero-order valence-electron chi connectivity index (χ0n) is 24.7. The second kappa shape index (κ2) is 12.3. The molecule has 0 saturated carbocycles. The minimum atomic E-state index is 0.266. The molecular weight excluding hydrogens is 556 g/mol. The number of pyridine rings is 1. The third kappa shape index (κ3) is 6.21. The smallest absolute Gasteiger partial charge is 0.172 e. The predicted molar refractivity (Wildman–Crippen MR) is 175 cm³/mol. The molecule has 9 nitrogen and oxygen atoms in total. The maximum Gasteiger partial charge on any atom is 0.172 e. The lowest BCUT2D eigenvalue weighted by Crippen LogP contribution is -2.44. The van der Waals surface area contributed by atoms with Gasteiger partial charge in [0.2, 0.25) is 0 Å². The molecule has 2 fully saturated rings. The SMILES string of the molecule is CN1CCN(c2ccc(Nc3cc(N4CCCC(CCCC(=O)c5cc6ccccc6s5)C4)nc4ccnn34)nc2)CC1.